The lowest BCUT2D eigenvalue weighted by atomic mass is 10.0. The molecule has 1 fully saturated rings. The van der Waals surface area contributed by atoms with Crippen molar-refractivity contribution in [3.8, 4) is 0 Å². The highest BCUT2D eigenvalue weighted by Crippen LogP contribution is 2.29. The van der Waals surface area contributed by atoms with Crippen LogP contribution in [0.2, 0.25) is 0 Å². The van der Waals surface area contributed by atoms with Crippen molar-refractivity contribution < 1.29 is 9.18 Å². The van der Waals surface area contributed by atoms with Crippen molar-refractivity contribution >= 4 is 22.6 Å². The summed E-state index contributed by atoms with van der Waals surface area (Å²) in [6, 6.07) is 11.6. The largest absolute Gasteiger partial charge is 0.378 e. The van der Waals surface area contributed by atoms with E-state index in [9.17, 15) is 9.18 Å². The summed E-state index contributed by atoms with van der Waals surface area (Å²) in [5.74, 6) is -0.241. The molecular formula is C21H24FN5O. The Bertz CT molecular complexity index is 958. The fourth-order valence-corrected chi connectivity index (χ4v) is 3.77. The van der Waals surface area contributed by atoms with Gasteiger partial charge in [-0.15, -0.1) is 0 Å². The van der Waals surface area contributed by atoms with Gasteiger partial charge in [-0.1, -0.05) is 30.3 Å². The van der Waals surface area contributed by atoms with Crippen molar-refractivity contribution in [3.63, 3.8) is 0 Å². The van der Waals surface area contributed by atoms with Gasteiger partial charge in [0.1, 0.15) is 11.8 Å². The molecule has 1 amide bonds. The lowest BCUT2D eigenvalue weighted by Gasteiger charge is -2.36. The molecule has 28 heavy (non-hydrogen) atoms. The van der Waals surface area contributed by atoms with Crippen LogP contribution in [0.5, 0.6) is 0 Å². The minimum Gasteiger partial charge on any atom is -0.378 e. The fraction of sp³-hybridized carbons (Fsp3) is 0.333. The van der Waals surface area contributed by atoms with Gasteiger partial charge in [0, 0.05) is 44.5 Å². The number of nitrogens with zero attached hydrogens (tertiary/aromatic N) is 2. The number of carbonyl (C=O) groups is 1. The number of amides is 1. The highest BCUT2D eigenvalue weighted by atomic mass is 19.1. The molecule has 0 saturated carbocycles. The van der Waals surface area contributed by atoms with Crippen molar-refractivity contribution in [2.75, 3.05) is 25.5 Å². The van der Waals surface area contributed by atoms with Crippen LogP contribution >= 0.6 is 0 Å². The zero-order valence-corrected chi connectivity index (χ0v) is 15.8. The molecule has 0 bridgehead atoms. The molecule has 1 aliphatic rings. The number of carbonyl (C=O) groups excluding carboxylic acids is 1. The van der Waals surface area contributed by atoms with Gasteiger partial charge in [0.15, 0.2) is 0 Å². The number of halogens is 1. The molecule has 3 heterocycles. The van der Waals surface area contributed by atoms with E-state index in [1.807, 2.05) is 24.3 Å². The number of pyridine rings is 1. The highest BCUT2D eigenvalue weighted by molar-refractivity contribution is 6.06. The molecule has 0 unspecified atom stereocenters. The quantitative estimate of drug-likeness (QED) is 0.635. The summed E-state index contributed by atoms with van der Waals surface area (Å²) >= 11 is 0. The van der Waals surface area contributed by atoms with Crippen molar-refractivity contribution in [2.24, 2.45) is 0 Å². The molecule has 0 aliphatic carbocycles. The van der Waals surface area contributed by atoms with Gasteiger partial charge in [0.25, 0.3) is 5.91 Å². The molecule has 0 spiro atoms. The van der Waals surface area contributed by atoms with Crippen LogP contribution in [-0.4, -0.2) is 53.1 Å². The summed E-state index contributed by atoms with van der Waals surface area (Å²) in [6.07, 6.45) is 2.93. The SMILES string of the molecule is CNC(=O)c1cnc2[nH]ccc2c1N[C@@H]1CCN(Cc2ccccc2)C[C@H]1F. The molecule has 1 saturated heterocycles. The Kier molecular flexibility index (Phi) is 5.25. The number of alkyl halides is 1. The van der Waals surface area contributed by atoms with Crippen LogP contribution in [0.25, 0.3) is 11.0 Å². The first-order valence-corrected chi connectivity index (χ1v) is 9.50. The van der Waals surface area contributed by atoms with Crippen LogP contribution in [0.15, 0.2) is 48.8 Å². The van der Waals surface area contributed by atoms with E-state index < -0.39 is 6.17 Å². The molecule has 1 aliphatic heterocycles. The first-order valence-electron chi connectivity index (χ1n) is 9.50. The molecule has 146 valence electrons. The number of hydrogen-bond acceptors (Lipinski definition) is 4. The molecule has 2 aromatic heterocycles. The first kappa shape index (κ1) is 18.4. The second-order valence-corrected chi connectivity index (χ2v) is 7.14. The van der Waals surface area contributed by atoms with Gasteiger partial charge in [-0.2, -0.15) is 0 Å². The Morgan fingerprint density at radius 1 is 1.32 bits per heavy atom. The summed E-state index contributed by atoms with van der Waals surface area (Å²) in [7, 11) is 1.58. The van der Waals surface area contributed by atoms with E-state index in [1.54, 1.807) is 13.2 Å². The molecule has 7 heteroatoms. The van der Waals surface area contributed by atoms with Gasteiger partial charge >= 0.3 is 0 Å². The number of rotatable bonds is 5. The van der Waals surface area contributed by atoms with Gasteiger partial charge in [-0.3, -0.25) is 9.69 Å². The fourth-order valence-electron chi connectivity index (χ4n) is 3.77. The zero-order valence-electron chi connectivity index (χ0n) is 15.8. The van der Waals surface area contributed by atoms with Crippen molar-refractivity contribution in [1.29, 1.82) is 0 Å². The number of fused-ring (bicyclic) bond motifs is 1. The maximum atomic E-state index is 15.0. The van der Waals surface area contributed by atoms with Crippen molar-refractivity contribution in [3.05, 3.63) is 59.9 Å². The van der Waals surface area contributed by atoms with Gasteiger partial charge in [-0.05, 0) is 18.1 Å². The van der Waals surface area contributed by atoms with Crippen LogP contribution in [0.3, 0.4) is 0 Å². The minimum atomic E-state index is -1.03. The number of piperidine rings is 1. The summed E-state index contributed by atoms with van der Waals surface area (Å²) in [4.78, 5) is 21.7. The average Bonchev–Trinajstić information content (AvgIpc) is 3.19. The van der Waals surface area contributed by atoms with Crippen molar-refractivity contribution in [2.45, 2.75) is 25.2 Å². The summed E-state index contributed by atoms with van der Waals surface area (Å²) in [5.41, 5.74) is 2.92. The molecule has 2 atom stereocenters. The number of likely N-dealkylation sites (tertiary alicyclic amines) is 1. The second kappa shape index (κ2) is 7.98. The summed E-state index contributed by atoms with van der Waals surface area (Å²) in [6.45, 7) is 1.90. The van der Waals surface area contributed by atoms with Gasteiger partial charge in [-0.25, -0.2) is 9.37 Å². The van der Waals surface area contributed by atoms with Crippen LogP contribution < -0.4 is 10.6 Å². The van der Waals surface area contributed by atoms with E-state index in [-0.39, 0.29) is 11.9 Å². The third-order valence-corrected chi connectivity index (χ3v) is 5.26. The Labute approximate surface area is 163 Å². The van der Waals surface area contributed by atoms with E-state index in [2.05, 4.69) is 37.6 Å². The highest BCUT2D eigenvalue weighted by Gasteiger charge is 2.30. The number of anilines is 1. The minimum absolute atomic E-state index is 0.241. The smallest absolute Gasteiger partial charge is 0.254 e. The number of H-pyrrole nitrogens is 1. The molecule has 0 radical (unpaired) electrons. The van der Waals surface area contributed by atoms with E-state index in [0.717, 1.165) is 18.5 Å². The summed E-state index contributed by atoms with van der Waals surface area (Å²) < 4.78 is 15.0. The average molecular weight is 381 g/mol. The maximum absolute atomic E-state index is 15.0. The lowest BCUT2D eigenvalue weighted by Crippen LogP contribution is -2.47. The lowest BCUT2D eigenvalue weighted by molar-refractivity contribution is 0.0962. The maximum Gasteiger partial charge on any atom is 0.254 e. The van der Waals surface area contributed by atoms with Gasteiger partial charge in [0.2, 0.25) is 0 Å². The monoisotopic (exact) mass is 381 g/mol. The first-order chi connectivity index (χ1) is 13.7. The molecule has 6 nitrogen and oxygen atoms in total. The predicted octanol–water partition coefficient (Wildman–Crippen LogP) is 2.95. The number of aromatic nitrogens is 2. The Hall–Kier alpha value is -2.93. The van der Waals surface area contributed by atoms with Gasteiger partial charge < -0.3 is 15.6 Å². The van der Waals surface area contributed by atoms with Crippen LogP contribution in [0.4, 0.5) is 10.1 Å². The van der Waals surface area contributed by atoms with Gasteiger partial charge in [0.05, 0.1) is 17.3 Å². The van der Waals surface area contributed by atoms with Crippen LogP contribution in [-0.2, 0) is 6.54 Å². The molecule has 1 aromatic carbocycles. The van der Waals surface area contributed by atoms with E-state index >= 15 is 0 Å². The number of benzene rings is 1. The Morgan fingerprint density at radius 3 is 2.89 bits per heavy atom. The predicted molar refractivity (Wildman–Crippen MR) is 108 cm³/mol. The van der Waals surface area contributed by atoms with E-state index in [4.69, 9.17) is 0 Å². The normalized spacial score (nSPS) is 20.2. The summed E-state index contributed by atoms with van der Waals surface area (Å²) in [5, 5.41) is 6.73. The van der Waals surface area contributed by atoms with Crippen LogP contribution in [0, 0.1) is 0 Å². The third-order valence-electron chi connectivity index (χ3n) is 5.26. The van der Waals surface area contributed by atoms with Crippen molar-refractivity contribution in [1.82, 2.24) is 20.2 Å². The van der Waals surface area contributed by atoms with Crippen LogP contribution in [0.1, 0.15) is 22.3 Å². The third kappa shape index (κ3) is 3.71. The Morgan fingerprint density at radius 2 is 2.14 bits per heavy atom. The number of nitrogens with one attached hydrogen (secondary N) is 3. The number of aromatic amines is 1. The molecular weight excluding hydrogens is 357 g/mol. The second-order valence-electron chi connectivity index (χ2n) is 7.14. The standard InChI is InChI=1S/C21H24FN5O/c1-23-21(28)16-11-25-20-15(7-9-24-20)19(16)26-18-8-10-27(13-17(18)22)12-14-5-3-2-4-6-14/h2-7,9,11,17-18H,8,10,12-13H2,1H3,(H,23,28)(H2,24,25,26)/t17-,18-/m1/s1. The van der Waals surface area contributed by atoms with E-state index in [0.29, 0.717) is 29.9 Å². The zero-order chi connectivity index (χ0) is 19.5. The molecule has 4 rings (SSSR count). The van der Waals surface area contributed by atoms with E-state index in [1.165, 1.54) is 11.8 Å². The molecule has 3 N–H and O–H groups in total. The Balaban J connectivity index is 1.51. The number of hydrogen-bond donors (Lipinski definition) is 3. The molecule has 3 aromatic rings. The topological polar surface area (TPSA) is 73.0 Å².